The van der Waals surface area contributed by atoms with Gasteiger partial charge in [0.25, 0.3) is 0 Å². The summed E-state index contributed by atoms with van der Waals surface area (Å²) in [6.07, 6.45) is 6.28. The number of nitrogens with one attached hydrogen (secondary N) is 2. The maximum absolute atomic E-state index is 11.7. The van der Waals surface area contributed by atoms with Gasteiger partial charge >= 0.3 is 0 Å². The molecule has 1 aromatic carbocycles. The van der Waals surface area contributed by atoms with Gasteiger partial charge in [0.15, 0.2) is 0 Å². The molecule has 6 nitrogen and oxygen atoms in total. The highest BCUT2D eigenvalue weighted by molar-refractivity contribution is 5.78. The molecule has 1 fully saturated rings. The zero-order chi connectivity index (χ0) is 20.8. The van der Waals surface area contributed by atoms with E-state index < -0.39 is 0 Å². The Kier molecular flexibility index (Phi) is 11.5. The van der Waals surface area contributed by atoms with Crippen molar-refractivity contribution in [2.45, 2.75) is 39.3 Å². The van der Waals surface area contributed by atoms with Crippen molar-refractivity contribution in [3.8, 4) is 0 Å². The minimum absolute atomic E-state index is 0.0471. The van der Waals surface area contributed by atoms with Crippen molar-refractivity contribution in [3.05, 3.63) is 54.1 Å². The van der Waals surface area contributed by atoms with Crippen LogP contribution in [0.4, 0.5) is 5.69 Å². The molecule has 1 aliphatic heterocycles. The molecule has 0 atom stereocenters. The van der Waals surface area contributed by atoms with Crippen molar-refractivity contribution in [2.75, 3.05) is 31.5 Å². The molecule has 0 saturated carbocycles. The number of aliphatic hydroxyl groups excluding tert-OH is 1. The fraction of sp³-hybridized carbons (Fsp3) is 0.455. The maximum atomic E-state index is 11.7. The Balaban J connectivity index is 0.000000568. The fourth-order valence-electron chi connectivity index (χ4n) is 2.77. The second-order valence-corrected chi connectivity index (χ2v) is 6.75. The van der Waals surface area contributed by atoms with Crippen LogP contribution < -0.4 is 10.6 Å². The molecule has 6 heteroatoms. The normalized spacial score (nSPS) is 15.2. The quantitative estimate of drug-likeness (QED) is 0.363. The Morgan fingerprint density at radius 3 is 2.54 bits per heavy atom. The highest BCUT2D eigenvalue weighted by Gasteiger charge is 2.21. The van der Waals surface area contributed by atoms with Crippen LogP contribution in [-0.2, 0) is 16.2 Å². The number of rotatable bonds is 8. The summed E-state index contributed by atoms with van der Waals surface area (Å²) in [5.41, 5.74) is 2.72. The molecule has 3 N–H and O–H groups in total. The number of amides is 1. The van der Waals surface area contributed by atoms with Crippen LogP contribution >= 0.6 is 0 Å². The first-order chi connectivity index (χ1) is 13.5. The smallest absolute Gasteiger partial charge is 0.234 e. The molecule has 1 heterocycles. The molecule has 1 aliphatic rings. The van der Waals surface area contributed by atoms with Crippen molar-refractivity contribution in [3.63, 3.8) is 0 Å². The van der Waals surface area contributed by atoms with Crippen LogP contribution in [0.1, 0.15) is 32.3 Å². The van der Waals surface area contributed by atoms with Gasteiger partial charge in [0.05, 0.1) is 13.2 Å². The number of likely N-dealkylation sites (tertiary alicyclic amines) is 1. The Labute approximate surface area is 168 Å². The molecule has 1 aromatic rings. The standard InChI is InChI=1S/C17H25N3O2.C5H8O/c1-2-9-18-17(22)12-20-10-7-15(8-11-20)19-16-6-4-3-5-14(16)13-21;1-3-5(2)4-6/h2-6,15,19,21H,1,7-13H2,(H,18,22);3-4H,1-2H3/b;5-3+. The van der Waals surface area contributed by atoms with Gasteiger partial charge in [-0.1, -0.05) is 30.4 Å². The van der Waals surface area contributed by atoms with Crippen LogP contribution in [0, 0.1) is 0 Å². The Bertz CT molecular complexity index is 650. The summed E-state index contributed by atoms with van der Waals surface area (Å²) in [4.78, 5) is 23.5. The van der Waals surface area contributed by atoms with Gasteiger partial charge < -0.3 is 15.7 Å². The molecule has 154 valence electrons. The summed E-state index contributed by atoms with van der Waals surface area (Å²) in [7, 11) is 0. The molecule has 0 aromatic heterocycles. The molecular formula is C22H33N3O3. The minimum Gasteiger partial charge on any atom is -0.392 e. The van der Waals surface area contributed by atoms with Gasteiger partial charge in [0.1, 0.15) is 6.29 Å². The molecule has 0 bridgehead atoms. The number of nitrogens with zero attached hydrogens (tertiary/aromatic N) is 1. The minimum atomic E-state index is 0.0471. The zero-order valence-corrected chi connectivity index (χ0v) is 17.0. The number of hydrogen-bond acceptors (Lipinski definition) is 5. The second kappa shape index (κ2) is 13.7. The van der Waals surface area contributed by atoms with Crippen LogP contribution in [0.5, 0.6) is 0 Å². The fourth-order valence-corrected chi connectivity index (χ4v) is 2.77. The summed E-state index contributed by atoms with van der Waals surface area (Å²) < 4.78 is 0. The van der Waals surface area contributed by atoms with E-state index >= 15 is 0 Å². The number of piperidine rings is 1. The first-order valence-electron chi connectivity index (χ1n) is 9.67. The number of allylic oxidation sites excluding steroid dienone is 2. The van der Waals surface area contributed by atoms with Gasteiger partial charge in [-0.2, -0.15) is 0 Å². The number of aliphatic hydroxyl groups is 1. The number of anilines is 1. The monoisotopic (exact) mass is 387 g/mol. The summed E-state index contributed by atoms with van der Waals surface area (Å²) in [6, 6.07) is 8.23. The van der Waals surface area contributed by atoms with Gasteiger partial charge in [-0.05, 0) is 38.3 Å². The third kappa shape index (κ3) is 8.97. The van der Waals surface area contributed by atoms with Crippen molar-refractivity contribution >= 4 is 17.9 Å². The number of aldehydes is 1. The number of carbonyl (C=O) groups is 2. The highest BCUT2D eigenvalue weighted by Crippen LogP contribution is 2.20. The molecule has 0 unspecified atom stereocenters. The zero-order valence-electron chi connectivity index (χ0n) is 17.0. The molecule has 1 saturated heterocycles. The predicted octanol–water partition coefficient (Wildman–Crippen LogP) is 2.51. The molecule has 2 rings (SSSR count). The van der Waals surface area contributed by atoms with E-state index in [1.807, 2.05) is 31.2 Å². The van der Waals surface area contributed by atoms with E-state index in [0.717, 1.165) is 49.0 Å². The van der Waals surface area contributed by atoms with E-state index in [2.05, 4.69) is 22.1 Å². The lowest BCUT2D eigenvalue weighted by molar-refractivity contribution is -0.122. The van der Waals surface area contributed by atoms with Crippen LogP contribution in [-0.4, -0.2) is 54.4 Å². The van der Waals surface area contributed by atoms with E-state index in [1.165, 1.54) is 0 Å². The topological polar surface area (TPSA) is 81.7 Å². The van der Waals surface area contributed by atoms with Crippen molar-refractivity contribution in [2.24, 2.45) is 0 Å². The molecular weight excluding hydrogens is 354 g/mol. The van der Waals surface area contributed by atoms with Crippen molar-refractivity contribution in [1.82, 2.24) is 10.2 Å². The van der Waals surface area contributed by atoms with Crippen LogP contribution in [0.15, 0.2) is 48.6 Å². The Morgan fingerprint density at radius 1 is 1.32 bits per heavy atom. The molecule has 1 amide bonds. The summed E-state index contributed by atoms with van der Waals surface area (Å²) in [5.74, 6) is 0.0527. The average Bonchev–Trinajstić information content (AvgIpc) is 2.73. The van der Waals surface area contributed by atoms with Crippen molar-refractivity contribution in [1.29, 1.82) is 0 Å². The van der Waals surface area contributed by atoms with Crippen LogP contribution in [0.25, 0.3) is 0 Å². The summed E-state index contributed by atoms with van der Waals surface area (Å²) >= 11 is 0. The van der Waals surface area contributed by atoms with Gasteiger partial charge in [-0.15, -0.1) is 6.58 Å². The van der Waals surface area contributed by atoms with E-state index in [1.54, 1.807) is 19.1 Å². The van der Waals surface area contributed by atoms with Crippen molar-refractivity contribution < 1.29 is 14.7 Å². The van der Waals surface area contributed by atoms with E-state index in [9.17, 15) is 14.7 Å². The Hall–Kier alpha value is -2.44. The average molecular weight is 388 g/mol. The van der Waals surface area contributed by atoms with Crippen LogP contribution in [0.3, 0.4) is 0 Å². The number of hydrogen-bond donors (Lipinski definition) is 3. The first-order valence-corrected chi connectivity index (χ1v) is 9.67. The van der Waals surface area contributed by atoms with E-state index in [0.29, 0.717) is 19.1 Å². The van der Waals surface area contributed by atoms with Gasteiger partial charge in [-0.3, -0.25) is 14.5 Å². The third-order valence-electron chi connectivity index (χ3n) is 4.59. The van der Waals surface area contributed by atoms with Gasteiger partial charge in [0.2, 0.25) is 5.91 Å². The number of para-hydroxylation sites is 1. The highest BCUT2D eigenvalue weighted by atomic mass is 16.3. The Morgan fingerprint density at radius 2 is 2.00 bits per heavy atom. The lowest BCUT2D eigenvalue weighted by Gasteiger charge is -2.32. The summed E-state index contributed by atoms with van der Waals surface area (Å²) in [5, 5.41) is 15.7. The van der Waals surface area contributed by atoms with E-state index in [-0.39, 0.29) is 12.5 Å². The summed E-state index contributed by atoms with van der Waals surface area (Å²) in [6.45, 7) is 10.0. The molecule has 0 spiro atoms. The number of benzene rings is 1. The third-order valence-corrected chi connectivity index (χ3v) is 4.59. The number of carbonyl (C=O) groups excluding carboxylic acids is 2. The lowest BCUT2D eigenvalue weighted by Crippen LogP contribution is -2.44. The van der Waals surface area contributed by atoms with E-state index in [4.69, 9.17) is 0 Å². The molecule has 28 heavy (non-hydrogen) atoms. The van der Waals surface area contributed by atoms with Gasteiger partial charge in [0, 0.05) is 36.9 Å². The lowest BCUT2D eigenvalue weighted by atomic mass is 10.0. The van der Waals surface area contributed by atoms with Gasteiger partial charge in [-0.25, -0.2) is 0 Å². The first kappa shape index (κ1) is 23.6. The second-order valence-electron chi connectivity index (χ2n) is 6.75. The SMILES string of the molecule is C/C=C(\C)C=O.C=CCNC(=O)CN1CCC(Nc2ccccc2CO)CC1. The molecule has 0 radical (unpaired) electrons. The predicted molar refractivity (Wildman–Crippen MR) is 114 cm³/mol. The largest absolute Gasteiger partial charge is 0.392 e. The molecule has 0 aliphatic carbocycles. The van der Waals surface area contributed by atoms with Crippen LogP contribution in [0.2, 0.25) is 0 Å². The maximum Gasteiger partial charge on any atom is 0.234 e.